The van der Waals surface area contributed by atoms with Gasteiger partial charge >= 0.3 is 0 Å². The van der Waals surface area contributed by atoms with E-state index >= 15 is 0 Å². The number of halogens is 1. The van der Waals surface area contributed by atoms with Crippen LogP contribution in [0.15, 0.2) is 71.6 Å². The number of rotatable bonds is 9. The van der Waals surface area contributed by atoms with Gasteiger partial charge in [-0.25, -0.2) is 18.4 Å². The third-order valence-electron chi connectivity index (χ3n) is 5.06. The maximum atomic E-state index is 13.0. The minimum Gasteiger partial charge on any atom is -0.493 e. The Bertz CT molecular complexity index is 1430. The molecule has 0 bridgehead atoms. The topological polar surface area (TPSA) is 102 Å². The van der Waals surface area contributed by atoms with E-state index in [1.165, 1.54) is 12.1 Å². The lowest BCUT2D eigenvalue weighted by atomic mass is 10.1. The predicted molar refractivity (Wildman–Crippen MR) is 134 cm³/mol. The van der Waals surface area contributed by atoms with Gasteiger partial charge in [-0.1, -0.05) is 35.9 Å². The van der Waals surface area contributed by atoms with Crippen LogP contribution in [0, 0.1) is 0 Å². The van der Waals surface area contributed by atoms with Crippen molar-refractivity contribution in [3.05, 3.63) is 77.3 Å². The Labute approximate surface area is 203 Å². The first-order chi connectivity index (χ1) is 16.4. The molecule has 4 aromatic rings. The monoisotopic (exact) mass is 498 g/mol. The van der Waals surface area contributed by atoms with Crippen molar-refractivity contribution in [1.82, 2.24) is 9.97 Å². The average Bonchev–Trinajstić information content (AvgIpc) is 2.84. The minimum absolute atomic E-state index is 0.0336. The number of anilines is 2. The normalized spacial score (nSPS) is 11.3. The number of nitrogens with one attached hydrogen (secondary N) is 2. The number of hydrogen-bond donors (Lipinski definition) is 2. The number of hydrogen-bond acceptors (Lipinski definition) is 7. The van der Waals surface area contributed by atoms with Crippen molar-refractivity contribution in [3.63, 3.8) is 0 Å². The summed E-state index contributed by atoms with van der Waals surface area (Å²) in [5.74, 6) is 1.72. The Morgan fingerprint density at radius 1 is 0.853 bits per heavy atom. The van der Waals surface area contributed by atoms with Gasteiger partial charge < -0.3 is 14.8 Å². The molecule has 0 atom stereocenters. The lowest BCUT2D eigenvalue weighted by Crippen LogP contribution is -2.17. The van der Waals surface area contributed by atoms with E-state index in [4.69, 9.17) is 21.1 Å². The molecule has 1 aromatic heterocycles. The minimum atomic E-state index is -3.93. The number of sulfonamides is 1. The van der Waals surface area contributed by atoms with E-state index in [1.54, 1.807) is 32.4 Å². The molecule has 3 aromatic carbocycles. The molecule has 0 saturated carbocycles. The van der Waals surface area contributed by atoms with Gasteiger partial charge in [0.05, 0.1) is 30.1 Å². The number of fused-ring (bicyclic) bond motifs is 1. The molecule has 0 amide bonds. The summed E-state index contributed by atoms with van der Waals surface area (Å²) in [7, 11) is -0.755. The van der Waals surface area contributed by atoms with Crippen LogP contribution >= 0.6 is 11.6 Å². The van der Waals surface area contributed by atoms with Gasteiger partial charge in [-0.05, 0) is 54.4 Å². The van der Waals surface area contributed by atoms with Crippen LogP contribution in [0.25, 0.3) is 11.0 Å². The fourth-order valence-corrected chi connectivity index (χ4v) is 4.69. The number of methoxy groups -OCH3 is 2. The van der Waals surface area contributed by atoms with Crippen LogP contribution in [-0.4, -0.2) is 39.2 Å². The number of nitrogens with zero attached hydrogens (tertiary/aromatic N) is 2. The second kappa shape index (κ2) is 10.1. The van der Waals surface area contributed by atoms with Crippen LogP contribution in [0.2, 0.25) is 5.02 Å². The van der Waals surface area contributed by atoms with E-state index in [2.05, 4.69) is 20.0 Å². The molecule has 0 fully saturated rings. The van der Waals surface area contributed by atoms with E-state index in [1.807, 2.05) is 36.4 Å². The molecule has 0 aliphatic rings. The van der Waals surface area contributed by atoms with Crippen LogP contribution in [0.4, 0.5) is 11.6 Å². The highest BCUT2D eigenvalue weighted by Gasteiger charge is 2.19. The molecule has 176 valence electrons. The number of ether oxygens (including phenoxy) is 2. The SMILES string of the molecule is COc1ccc(CCNc2nc3ccccc3nc2NS(=O)(=O)c2cccc(Cl)c2)cc1OC. The van der Waals surface area contributed by atoms with Crippen LogP contribution in [0.3, 0.4) is 0 Å². The first-order valence-electron chi connectivity index (χ1n) is 10.4. The highest BCUT2D eigenvalue weighted by Crippen LogP contribution is 2.28. The summed E-state index contributed by atoms with van der Waals surface area (Å²) in [6.07, 6.45) is 0.634. The second-order valence-corrected chi connectivity index (χ2v) is 9.46. The molecule has 10 heteroatoms. The molecule has 0 radical (unpaired) electrons. The van der Waals surface area contributed by atoms with Gasteiger partial charge in [0.15, 0.2) is 23.1 Å². The van der Waals surface area contributed by atoms with Gasteiger partial charge in [-0.3, -0.25) is 4.72 Å². The summed E-state index contributed by atoms with van der Waals surface area (Å²) in [4.78, 5) is 9.12. The maximum absolute atomic E-state index is 13.0. The van der Waals surface area contributed by atoms with Crippen molar-refractivity contribution in [2.45, 2.75) is 11.3 Å². The second-order valence-electron chi connectivity index (χ2n) is 7.34. The molecule has 0 aliphatic heterocycles. The van der Waals surface area contributed by atoms with Gasteiger partial charge in [0.1, 0.15) is 0 Å². The maximum Gasteiger partial charge on any atom is 0.263 e. The summed E-state index contributed by atoms with van der Waals surface area (Å²) in [6.45, 7) is 0.481. The first kappa shape index (κ1) is 23.6. The Morgan fingerprint density at radius 3 is 2.24 bits per heavy atom. The molecule has 2 N–H and O–H groups in total. The zero-order valence-electron chi connectivity index (χ0n) is 18.6. The molecule has 0 spiro atoms. The van der Waals surface area contributed by atoms with Crippen molar-refractivity contribution in [1.29, 1.82) is 0 Å². The van der Waals surface area contributed by atoms with Crippen molar-refractivity contribution >= 4 is 44.3 Å². The van der Waals surface area contributed by atoms with E-state index in [9.17, 15) is 8.42 Å². The summed E-state index contributed by atoms with van der Waals surface area (Å²) >= 11 is 5.98. The third kappa shape index (κ3) is 5.32. The quantitative estimate of drug-likeness (QED) is 0.343. The predicted octanol–water partition coefficient (Wildman–Crippen LogP) is 4.76. The van der Waals surface area contributed by atoms with Gasteiger partial charge in [0.2, 0.25) is 0 Å². The van der Waals surface area contributed by atoms with Crippen molar-refractivity contribution in [2.75, 3.05) is 30.8 Å². The van der Waals surface area contributed by atoms with Crippen LogP contribution in [-0.2, 0) is 16.4 Å². The molecule has 0 saturated heterocycles. The van der Waals surface area contributed by atoms with Crippen molar-refractivity contribution in [3.8, 4) is 11.5 Å². The molecule has 0 aliphatic carbocycles. The van der Waals surface area contributed by atoms with Gasteiger partial charge in [-0.2, -0.15) is 0 Å². The Hall–Kier alpha value is -3.56. The number of aromatic nitrogens is 2. The molecule has 4 rings (SSSR count). The average molecular weight is 499 g/mol. The molecule has 8 nitrogen and oxygen atoms in total. The number of para-hydroxylation sites is 2. The fraction of sp³-hybridized carbons (Fsp3) is 0.167. The lowest BCUT2D eigenvalue weighted by Gasteiger charge is -2.14. The molecular formula is C24H23ClN4O4S. The highest BCUT2D eigenvalue weighted by atomic mass is 35.5. The third-order valence-corrected chi connectivity index (χ3v) is 6.63. The van der Waals surface area contributed by atoms with Crippen molar-refractivity contribution in [2.24, 2.45) is 0 Å². The van der Waals surface area contributed by atoms with Crippen LogP contribution in [0.5, 0.6) is 11.5 Å². The Balaban J connectivity index is 1.60. The van der Waals surface area contributed by atoms with E-state index in [0.29, 0.717) is 46.3 Å². The Morgan fingerprint density at radius 2 is 1.56 bits per heavy atom. The zero-order chi connectivity index (χ0) is 24.1. The van der Waals surface area contributed by atoms with E-state index in [-0.39, 0.29) is 10.7 Å². The smallest absolute Gasteiger partial charge is 0.263 e. The fourth-order valence-electron chi connectivity index (χ4n) is 3.38. The summed E-state index contributed by atoms with van der Waals surface area (Å²) in [6, 6.07) is 19.0. The van der Waals surface area contributed by atoms with Crippen molar-refractivity contribution < 1.29 is 17.9 Å². The summed E-state index contributed by atoms with van der Waals surface area (Å²) < 4.78 is 39.1. The molecule has 0 unspecified atom stereocenters. The van der Waals surface area contributed by atoms with E-state index in [0.717, 1.165) is 5.56 Å². The first-order valence-corrected chi connectivity index (χ1v) is 12.3. The van der Waals surface area contributed by atoms with Crippen LogP contribution < -0.4 is 19.5 Å². The lowest BCUT2D eigenvalue weighted by molar-refractivity contribution is 0.354. The zero-order valence-corrected chi connectivity index (χ0v) is 20.2. The highest BCUT2D eigenvalue weighted by molar-refractivity contribution is 7.92. The van der Waals surface area contributed by atoms with Gasteiger partial charge in [0.25, 0.3) is 10.0 Å². The van der Waals surface area contributed by atoms with E-state index < -0.39 is 10.0 Å². The molecular weight excluding hydrogens is 476 g/mol. The summed E-state index contributed by atoms with van der Waals surface area (Å²) in [5.41, 5.74) is 2.22. The van der Waals surface area contributed by atoms with Crippen LogP contribution in [0.1, 0.15) is 5.56 Å². The summed E-state index contributed by atoms with van der Waals surface area (Å²) in [5, 5.41) is 3.53. The van der Waals surface area contributed by atoms with Gasteiger partial charge in [-0.15, -0.1) is 0 Å². The Kier molecular flexibility index (Phi) is 7.04. The largest absolute Gasteiger partial charge is 0.493 e. The standard InChI is InChI=1S/C24H23ClN4O4S/c1-32-21-11-10-16(14-22(21)33-2)12-13-26-23-24(28-20-9-4-3-8-19(20)27-23)29-34(30,31)18-7-5-6-17(25)15-18/h3-11,14-15H,12-13H2,1-2H3,(H,26,27)(H,28,29). The van der Waals surface area contributed by atoms with Gasteiger partial charge in [0, 0.05) is 11.6 Å². The molecule has 34 heavy (non-hydrogen) atoms. The number of benzene rings is 3. The molecule has 1 heterocycles.